The maximum Gasteiger partial charge on any atom is 0.269 e. The molecule has 1 aromatic carbocycles. The van der Waals surface area contributed by atoms with Crippen molar-refractivity contribution in [2.45, 2.75) is 31.9 Å². The van der Waals surface area contributed by atoms with Gasteiger partial charge in [-0.25, -0.2) is 0 Å². The number of aliphatic hydroxyl groups is 1. The lowest BCUT2D eigenvalue weighted by Crippen LogP contribution is -2.52. The van der Waals surface area contributed by atoms with Crippen molar-refractivity contribution in [1.82, 2.24) is 20.8 Å². The Kier molecular flexibility index (Phi) is 4.73. The molecule has 0 bridgehead atoms. The number of piperidine rings is 1. The zero-order valence-corrected chi connectivity index (χ0v) is 13.2. The number of aliphatic hydroxyl groups excluding tert-OH is 1. The minimum atomic E-state index is -0.559. The van der Waals surface area contributed by atoms with Crippen molar-refractivity contribution in [2.75, 3.05) is 13.1 Å². The van der Waals surface area contributed by atoms with E-state index in [4.69, 9.17) is 0 Å². The molecule has 23 heavy (non-hydrogen) atoms. The molecule has 1 aromatic heterocycles. The molecule has 2 unspecified atom stereocenters. The maximum absolute atomic E-state index is 12.3. The van der Waals surface area contributed by atoms with Crippen LogP contribution < -0.4 is 10.6 Å². The third-order valence-electron chi connectivity index (χ3n) is 4.25. The number of hydrogen-bond acceptors (Lipinski definition) is 4. The summed E-state index contributed by atoms with van der Waals surface area (Å²) in [5.41, 5.74) is 3.38. The summed E-state index contributed by atoms with van der Waals surface area (Å²) in [5, 5.41) is 22.8. The summed E-state index contributed by atoms with van der Waals surface area (Å²) in [5.74, 6) is -0.236. The number of nitrogens with one attached hydrogen (secondary N) is 3. The van der Waals surface area contributed by atoms with Crippen LogP contribution in [0.15, 0.2) is 30.3 Å². The van der Waals surface area contributed by atoms with Crippen molar-refractivity contribution in [3.05, 3.63) is 41.6 Å². The summed E-state index contributed by atoms with van der Waals surface area (Å²) in [6.07, 6.45) is 1.15. The number of aromatic nitrogens is 2. The Labute approximate surface area is 135 Å². The number of aryl methyl sites for hydroxylation is 1. The number of carbonyl (C=O) groups excluding carboxylic acids is 1. The summed E-state index contributed by atoms with van der Waals surface area (Å²) in [6, 6.07) is 9.66. The lowest BCUT2D eigenvalue weighted by atomic mass is 10.0. The molecular formula is C17H22N4O2. The van der Waals surface area contributed by atoms with Crippen LogP contribution in [0.3, 0.4) is 0 Å². The molecule has 1 aliphatic rings. The van der Waals surface area contributed by atoms with Crippen LogP contribution in [0.4, 0.5) is 0 Å². The number of amides is 1. The quantitative estimate of drug-likeness (QED) is 0.680. The van der Waals surface area contributed by atoms with Gasteiger partial charge in [-0.2, -0.15) is 5.10 Å². The minimum Gasteiger partial charge on any atom is -0.390 e. The highest BCUT2D eigenvalue weighted by Gasteiger charge is 2.25. The fourth-order valence-electron chi connectivity index (χ4n) is 2.75. The number of β-amino-alcohol motifs (C(OH)–C–C–N with tert-alkyl or cyclic N) is 1. The van der Waals surface area contributed by atoms with E-state index in [1.165, 1.54) is 5.56 Å². The van der Waals surface area contributed by atoms with Gasteiger partial charge >= 0.3 is 0 Å². The standard InChI is InChI=1S/C17H22N4O2/c1-2-11-3-5-12(6-4-11)14-9-15(21-20-14)17(23)19-13-7-8-18-10-16(13)22/h3-6,9,13,16,18,22H,2,7-8,10H2,1H3,(H,19,23)(H,20,21). The maximum atomic E-state index is 12.3. The first kappa shape index (κ1) is 15.7. The first-order valence-electron chi connectivity index (χ1n) is 8.01. The Morgan fingerprint density at radius 2 is 2.17 bits per heavy atom. The number of benzene rings is 1. The van der Waals surface area contributed by atoms with Gasteiger partial charge in [-0.15, -0.1) is 0 Å². The molecule has 1 saturated heterocycles. The fraction of sp³-hybridized carbons (Fsp3) is 0.412. The normalized spacial score (nSPS) is 21.1. The van der Waals surface area contributed by atoms with Gasteiger partial charge in [0.05, 0.1) is 17.8 Å². The van der Waals surface area contributed by atoms with Gasteiger partial charge in [0.2, 0.25) is 0 Å². The van der Waals surface area contributed by atoms with E-state index in [0.29, 0.717) is 18.7 Å². The summed E-state index contributed by atoms with van der Waals surface area (Å²) < 4.78 is 0. The van der Waals surface area contributed by atoms with Gasteiger partial charge in [-0.05, 0) is 31.0 Å². The van der Waals surface area contributed by atoms with Gasteiger partial charge in [0, 0.05) is 12.1 Å². The van der Waals surface area contributed by atoms with Crippen molar-refractivity contribution in [2.24, 2.45) is 0 Å². The van der Waals surface area contributed by atoms with E-state index < -0.39 is 6.10 Å². The smallest absolute Gasteiger partial charge is 0.269 e. The van der Waals surface area contributed by atoms with Gasteiger partial charge < -0.3 is 15.7 Å². The average Bonchev–Trinajstić information content (AvgIpc) is 3.07. The molecule has 4 N–H and O–H groups in total. The Morgan fingerprint density at radius 1 is 1.39 bits per heavy atom. The highest BCUT2D eigenvalue weighted by Crippen LogP contribution is 2.19. The third kappa shape index (κ3) is 3.60. The van der Waals surface area contributed by atoms with Crippen LogP contribution in [0.2, 0.25) is 0 Å². The molecule has 6 heteroatoms. The molecule has 6 nitrogen and oxygen atoms in total. The number of hydrogen-bond donors (Lipinski definition) is 4. The molecule has 2 atom stereocenters. The Balaban J connectivity index is 1.69. The molecule has 0 aliphatic carbocycles. The van der Waals surface area contributed by atoms with Crippen molar-refractivity contribution in [3.8, 4) is 11.3 Å². The van der Waals surface area contributed by atoms with Crippen LogP contribution in [0.5, 0.6) is 0 Å². The molecular weight excluding hydrogens is 292 g/mol. The summed E-state index contributed by atoms with van der Waals surface area (Å²) in [6.45, 7) is 3.41. The summed E-state index contributed by atoms with van der Waals surface area (Å²) in [4.78, 5) is 12.3. The van der Waals surface area contributed by atoms with Crippen LogP contribution in [-0.4, -0.2) is 46.4 Å². The lowest BCUT2D eigenvalue weighted by molar-refractivity contribution is 0.0761. The summed E-state index contributed by atoms with van der Waals surface area (Å²) >= 11 is 0. The molecule has 122 valence electrons. The van der Waals surface area contributed by atoms with Crippen LogP contribution >= 0.6 is 0 Å². The van der Waals surface area contributed by atoms with Gasteiger partial charge in [0.25, 0.3) is 5.91 Å². The molecule has 3 rings (SSSR count). The lowest BCUT2D eigenvalue weighted by Gasteiger charge is -2.28. The van der Waals surface area contributed by atoms with Gasteiger partial charge in [-0.1, -0.05) is 31.2 Å². The molecule has 0 spiro atoms. The van der Waals surface area contributed by atoms with Gasteiger partial charge in [-0.3, -0.25) is 9.89 Å². The predicted octanol–water partition coefficient (Wildman–Crippen LogP) is 1.09. The zero-order chi connectivity index (χ0) is 16.2. The minimum absolute atomic E-state index is 0.223. The number of nitrogens with zero attached hydrogens (tertiary/aromatic N) is 1. The Hall–Kier alpha value is -2.18. The van der Waals surface area contributed by atoms with E-state index >= 15 is 0 Å². The first-order valence-corrected chi connectivity index (χ1v) is 8.01. The third-order valence-corrected chi connectivity index (χ3v) is 4.25. The van der Waals surface area contributed by atoms with Crippen LogP contribution in [0.25, 0.3) is 11.3 Å². The van der Waals surface area contributed by atoms with Crippen molar-refractivity contribution in [1.29, 1.82) is 0 Å². The van der Waals surface area contributed by atoms with Gasteiger partial charge in [0.15, 0.2) is 0 Å². The molecule has 0 saturated carbocycles. The molecule has 0 radical (unpaired) electrons. The highest BCUT2D eigenvalue weighted by atomic mass is 16.3. The molecule has 1 aliphatic heterocycles. The number of carbonyl (C=O) groups is 1. The van der Waals surface area contributed by atoms with E-state index in [0.717, 1.165) is 24.2 Å². The summed E-state index contributed by atoms with van der Waals surface area (Å²) in [7, 11) is 0. The number of rotatable bonds is 4. The predicted molar refractivity (Wildman–Crippen MR) is 88.1 cm³/mol. The molecule has 2 aromatic rings. The van der Waals surface area contributed by atoms with E-state index in [2.05, 4.69) is 39.9 Å². The first-order chi connectivity index (χ1) is 11.2. The van der Waals surface area contributed by atoms with E-state index in [-0.39, 0.29) is 11.9 Å². The average molecular weight is 314 g/mol. The second-order valence-electron chi connectivity index (χ2n) is 5.86. The zero-order valence-electron chi connectivity index (χ0n) is 13.2. The Morgan fingerprint density at radius 3 is 2.87 bits per heavy atom. The number of H-pyrrole nitrogens is 1. The van der Waals surface area contributed by atoms with E-state index in [1.807, 2.05) is 12.1 Å². The number of aromatic amines is 1. The van der Waals surface area contributed by atoms with Crippen LogP contribution in [-0.2, 0) is 6.42 Å². The van der Waals surface area contributed by atoms with Crippen LogP contribution in [0.1, 0.15) is 29.4 Å². The molecule has 1 amide bonds. The second kappa shape index (κ2) is 6.93. The van der Waals surface area contributed by atoms with Crippen molar-refractivity contribution >= 4 is 5.91 Å². The van der Waals surface area contributed by atoms with Crippen molar-refractivity contribution in [3.63, 3.8) is 0 Å². The highest BCUT2D eigenvalue weighted by molar-refractivity contribution is 5.93. The van der Waals surface area contributed by atoms with Gasteiger partial charge in [0.1, 0.15) is 5.69 Å². The van der Waals surface area contributed by atoms with Crippen LogP contribution in [0, 0.1) is 0 Å². The van der Waals surface area contributed by atoms with E-state index in [1.54, 1.807) is 6.07 Å². The van der Waals surface area contributed by atoms with Crippen molar-refractivity contribution < 1.29 is 9.90 Å². The largest absolute Gasteiger partial charge is 0.390 e. The molecule has 1 fully saturated rings. The Bertz CT molecular complexity index is 665. The topological polar surface area (TPSA) is 90.0 Å². The second-order valence-corrected chi connectivity index (χ2v) is 5.86. The fourth-order valence-corrected chi connectivity index (χ4v) is 2.75. The van der Waals surface area contributed by atoms with E-state index in [9.17, 15) is 9.90 Å². The monoisotopic (exact) mass is 314 g/mol. The molecule has 2 heterocycles. The SMILES string of the molecule is CCc1ccc(-c2cc(C(=O)NC3CCNCC3O)[nH]n2)cc1.